The van der Waals surface area contributed by atoms with Crippen LogP contribution in [0.4, 0.5) is 4.39 Å². The summed E-state index contributed by atoms with van der Waals surface area (Å²) in [5.74, 6) is 0.457. The van der Waals surface area contributed by atoms with Crippen LogP contribution in [0.2, 0.25) is 0 Å². The molecular weight excluding hydrogens is 589 g/mol. The minimum Gasteiger partial charge on any atom is -0.497 e. The minimum absolute atomic E-state index is 0.0527. The molecule has 2 aliphatic carbocycles. The smallest absolute Gasteiger partial charge is 0.306 e. The molecule has 250 valence electrons. The highest BCUT2D eigenvalue weighted by atomic mass is 19.1. The van der Waals surface area contributed by atoms with Crippen LogP contribution in [0.15, 0.2) is 18.2 Å². The average molecular weight is 638 g/mol. The first kappa shape index (κ1) is 32.6. The van der Waals surface area contributed by atoms with E-state index in [1.165, 1.54) is 11.3 Å². The van der Waals surface area contributed by atoms with Crippen LogP contribution >= 0.6 is 0 Å². The average Bonchev–Trinajstić information content (AvgIpc) is 3.71. The highest BCUT2D eigenvalue weighted by Gasteiger charge is 2.59. The molecule has 3 heterocycles. The van der Waals surface area contributed by atoms with E-state index < -0.39 is 35.1 Å². The number of amides is 1. The lowest BCUT2D eigenvalue weighted by Crippen LogP contribution is -2.51. The third-order valence-corrected chi connectivity index (χ3v) is 11.3. The molecule has 1 amide bonds. The van der Waals surface area contributed by atoms with Gasteiger partial charge in [0.05, 0.1) is 37.0 Å². The highest BCUT2D eigenvalue weighted by Crippen LogP contribution is 2.52. The van der Waals surface area contributed by atoms with Crippen LogP contribution in [-0.2, 0) is 25.5 Å². The van der Waals surface area contributed by atoms with E-state index in [4.69, 9.17) is 24.2 Å². The van der Waals surface area contributed by atoms with E-state index in [9.17, 15) is 14.4 Å². The monoisotopic (exact) mass is 637 g/mol. The summed E-state index contributed by atoms with van der Waals surface area (Å²) < 4.78 is 35.0. The van der Waals surface area contributed by atoms with Gasteiger partial charge in [-0.1, -0.05) is 40.5 Å². The standard InChI is InChI=1S/C36H48FN3O6/c1-6-36(37)29(20-41)40-19-30(36)45-33-27(38-26-15-14-23(44-5)17-28(26)39-33)11-9-7-8-10-24-21-12-13-22(16-21)32(24)46-31(42)18-25(34(40)43)35(2,3)4/h14-15,17,20-22,24-25,29-30,32H,6-13,16,18-19H2,1-5H3/t21-,22+,24-,25-,29-,30+,32-,36-/m1/s1. The molecule has 1 aromatic heterocycles. The number of esters is 1. The number of alkyl halides is 1. The number of aryl methyl sites for hydroxylation is 1. The Morgan fingerprint density at radius 2 is 1.85 bits per heavy atom. The van der Waals surface area contributed by atoms with Gasteiger partial charge in [-0.3, -0.25) is 9.59 Å². The quantitative estimate of drug-likeness (QED) is 0.296. The van der Waals surface area contributed by atoms with Gasteiger partial charge in [0.25, 0.3) is 0 Å². The lowest BCUT2D eigenvalue weighted by atomic mass is 9.77. The molecule has 8 atom stereocenters. The molecule has 1 aromatic carbocycles. The summed E-state index contributed by atoms with van der Waals surface area (Å²) in [7, 11) is 1.57. The van der Waals surface area contributed by atoms with Crippen molar-refractivity contribution in [2.75, 3.05) is 13.7 Å². The van der Waals surface area contributed by atoms with Gasteiger partial charge >= 0.3 is 5.97 Å². The summed E-state index contributed by atoms with van der Waals surface area (Å²) in [6, 6.07) is 4.07. The number of carbonyl (C=O) groups excluding carboxylic acids is 3. The number of ether oxygens (including phenoxy) is 3. The van der Waals surface area contributed by atoms with Crippen molar-refractivity contribution in [1.29, 1.82) is 0 Å². The predicted octanol–water partition coefficient (Wildman–Crippen LogP) is 6.04. The Labute approximate surface area is 270 Å². The van der Waals surface area contributed by atoms with Crippen molar-refractivity contribution in [2.24, 2.45) is 29.1 Å². The second-order valence-electron chi connectivity index (χ2n) is 15.0. The molecule has 0 unspecified atom stereocenters. The van der Waals surface area contributed by atoms with Gasteiger partial charge in [0, 0.05) is 6.07 Å². The molecule has 46 heavy (non-hydrogen) atoms. The summed E-state index contributed by atoms with van der Waals surface area (Å²) in [6.45, 7) is 7.17. The second kappa shape index (κ2) is 12.7. The van der Waals surface area contributed by atoms with E-state index in [2.05, 4.69) is 0 Å². The number of halogens is 1. The van der Waals surface area contributed by atoms with Gasteiger partial charge < -0.3 is 23.9 Å². The highest BCUT2D eigenvalue weighted by molar-refractivity contribution is 5.87. The minimum atomic E-state index is -2.16. The maximum Gasteiger partial charge on any atom is 0.306 e. The lowest BCUT2D eigenvalue weighted by Gasteiger charge is -2.36. The van der Waals surface area contributed by atoms with Crippen LogP contribution in [-0.4, -0.2) is 70.6 Å². The molecular formula is C36H48FN3O6. The van der Waals surface area contributed by atoms with Crippen LogP contribution in [0.1, 0.15) is 91.2 Å². The number of aromatic nitrogens is 2. The van der Waals surface area contributed by atoms with E-state index in [-0.39, 0.29) is 37.3 Å². The molecule has 0 N–H and O–H groups in total. The van der Waals surface area contributed by atoms with Crippen molar-refractivity contribution in [3.8, 4) is 11.6 Å². The Kier molecular flexibility index (Phi) is 9.02. The van der Waals surface area contributed by atoms with Gasteiger partial charge in [-0.25, -0.2) is 14.4 Å². The van der Waals surface area contributed by atoms with Crippen molar-refractivity contribution in [2.45, 2.75) is 116 Å². The fourth-order valence-corrected chi connectivity index (χ4v) is 8.57. The molecule has 2 saturated carbocycles. The summed E-state index contributed by atoms with van der Waals surface area (Å²) >= 11 is 0. The van der Waals surface area contributed by atoms with Gasteiger partial charge in [-0.05, 0) is 80.2 Å². The predicted molar refractivity (Wildman–Crippen MR) is 170 cm³/mol. The molecule has 1 saturated heterocycles. The van der Waals surface area contributed by atoms with Gasteiger partial charge in [-0.2, -0.15) is 0 Å². The van der Waals surface area contributed by atoms with E-state index in [0.29, 0.717) is 52.9 Å². The van der Waals surface area contributed by atoms with Crippen molar-refractivity contribution in [3.05, 3.63) is 23.9 Å². The topological polar surface area (TPSA) is 108 Å². The summed E-state index contributed by atoms with van der Waals surface area (Å²) in [6.07, 6.45) is 6.77. The zero-order valence-electron chi connectivity index (χ0n) is 27.8. The molecule has 2 aliphatic heterocycles. The Balaban J connectivity index is 1.39. The first-order valence-electron chi connectivity index (χ1n) is 17.1. The largest absolute Gasteiger partial charge is 0.497 e. The maximum atomic E-state index is 17.0. The third-order valence-electron chi connectivity index (χ3n) is 11.3. The number of rotatable bonds is 3. The first-order valence-corrected chi connectivity index (χ1v) is 17.1. The van der Waals surface area contributed by atoms with E-state index in [0.717, 1.165) is 38.5 Å². The Morgan fingerprint density at radius 3 is 2.57 bits per heavy atom. The number of aldehydes is 1. The van der Waals surface area contributed by atoms with Crippen molar-refractivity contribution >= 4 is 29.2 Å². The molecule has 9 nitrogen and oxygen atoms in total. The zero-order valence-corrected chi connectivity index (χ0v) is 27.8. The SMILES string of the molecule is CC[C@]1(F)[C@@H]2CN(C(=O)[C@H](C(C)(C)C)CC(=O)O[C@@H]3[C@H]4CC[C@H](C4)[C@H]3CCCCCc3nc4ccc(OC)cc4nc3O2)[C@@H]1C=O. The van der Waals surface area contributed by atoms with Crippen LogP contribution in [0, 0.1) is 29.1 Å². The molecule has 2 aromatic rings. The van der Waals surface area contributed by atoms with Gasteiger partial charge in [0.1, 0.15) is 29.9 Å². The first-order chi connectivity index (χ1) is 22.0. The van der Waals surface area contributed by atoms with Crippen LogP contribution < -0.4 is 9.47 Å². The molecule has 0 spiro atoms. The van der Waals surface area contributed by atoms with Crippen molar-refractivity contribution in [3.63, 3.8) is 0 Å². The number of carbonyl (C=O) groups is 3. The molecule has 4 aliphatic rings. The Bertz CT molecular complexity index is 1480. The molecule has 6 rings (SSSR count). The zero-order chi connectivity index (χ0) is 32.8. The second-order valence-corrected chi connectivity index (χ2v) is 15.0. The van der Waals surface area contributed by atoms with Gasteiger partial charge in [0.15, 0.2) is 11.8 Å². The summed E-state index contributed by atoms with van der Waals surface area (Å²) in [5.41, 5.74) is -0.946. The fourth-order valence-electron chi connectivity index (χ4n) is 8.57. The van der Waals surface area contributed by atoms with Gasteiger partial charge in [-0.15, -0.1) is 0 Å². The summed E-state index contributed by atoms with van der Waals surface area (Å²) in [5, 5.41) is 0. The molecule has 0 radical (unpaired) electrons. The van der Waals surface area contributed by atoms with Crippen molar-refractivity contribution < 1.29 is 33.0 Å². The van der Waals surface area contributed by atoms with Crippen molar-refractivity contribution in [1.82, 2.24) is 14.9 Å². The molecule has 4 bridgehead atoms. The molecule has 3 fully saturated rings. The van der Waals surface area contributed by atoms with Gasteiger partial charge in [0.2, 0.25) is 11.8 Å². The van der Waals surface area contributed by atoms with E-state index >= 15 is 4.39 Å². The third kappa shape index (κ3) is 5.97. The maximum absolute atomic E-state index is 17.0. The number of fused-ring (bicyclic) bond motifs is 9. The molecule has 10 heteroatoms. The lowest BCUT2D eigenvalue weighted by molar-refractivity contribution is -0.161. The number of methoxy groups -OCH3 is 1. The van der Waals surface area contributed by atoms with Crippen LogP contribution in [0.3, 0.4) is 0 Å². The normalized spacial score (nSPS) is 33.9. The number of benzene rings is 1. The number of nitrogens with zero attached hydrogens (tertiary/aromatic N) is 3. The Morgan fingerprint density at radius 1 is 1.07 bits per heavy atom. The van der Waals surface area contributed by atoms with E-state index in [1.54, 1.807) is 20.1 Å². The summed E-state index contributed by atoms with van der Waals surface area (Å²) in [4.78, 5) is 51.4. The number of hydrogen-bond donors (Lipinski definition) is 0. The number of hydrogen-bond acceptors (Lipinski definition) is 8. The van der Waals surface area contributed by atoms with E-state index in [1.807, 2.05) is 32.9 Å². The van der Waals surface area contributed by atoms with Crippen LogP contribution in [0.25, 0.3) is 11.0 Å². The Hall–Kier alpha value is -3.30. The van der Waals surface area contributed by atoms with Crippen LogP contribution in [0.5, 0.6) is 11.6 Å². The fraction of sp³-hybridized carbons (Fsp3) is 0.694.